The number of carbonyl (C=O) groups excluding carboxylic acids is 1. The molecule has 1 nitrogen and oxygen atoms in total. The van der Waals surface area contributed by atoms with Crippen molar-refractivity contribution in [3.8, 4) is 0 Å². The topological polar surface area (TPSA) is 17.1 Å². The number of carbonyl (C=O) groups is 1. The second kappa shape index (κ2) is 39.0. The maximum atomic E-state index is 12.3. The average Bonchev–Trinajstić information content (AvgIpc) is 3.31. The van der Waals surface area contributed by atoms with E-state index < -0.39 is 0 Å². The zero-order chi connectivity index (χ0) is 55.2. The number of alkyl halides is 1. The zero-order valence-electron chi connectivity index (χ0n) is 51.9. The first-order valence-corrected chi connectivity index (χ1v) is 31.2. The van der Waals surface area contributed by atoms with Crippen molar-refractivity contribution in [1.82, 2.24) is 0 Å². The first kappa shape index (κ1) is 76.1. The van der Waals surface area contributed by atoms with Crippen LogP contribution in [0.5, 0.6) is 0 Å². The van der Waals surface area contributed by atoms with Gasteiger partial charge in [-0.1, -0.05) is 235 Å². The Labute approximate surface area is 456 Å². The Morgan fingerprint density at radius 1 is 0.803 bits per heavy atom. The van der Waals surface area contributed by atoms with Crippen molar-refractivity contribution in [2.45, 2.75) is 276 Å². The van der Waals surface area contributed by atoms with Crippen molar-refractivity contribution < 1.29 is 4.79 Å². The maximum Gasteiger partial charge on any atom is 0.135 e. The number of hydrogen-bond acceptors (Lipinski definition) is 1. The van der Waals surface area contributed by atoms with Crippen molar-refractivity contribution >= 4 is 26.0 Å². The molecule has 4 aliphatic rings. The zero-order valence-corrected chi connectivity index (χ0v) is 53.7. The van der Waals surface area contributed by atoms with E-state index in [0.29, 0.717) is 34.0 Å². The van der Waals surface area contributed by atoms with Crippen molar-refractivity contribution in [2.24, 2.45) is 57.2 Å². The van der Waals surface area contributed by atoms with Crippen molar-refractivity contribution in [3.05, 3.63) is 82.5 Å². The van der Waals surface area contributed by atoms with Crippen LogP contribution in [0.15, 0.2) is 76.9 Å². The molecule has 0 N–H and O–H groups in total. The monoisotopic (exact) mass is 1030 g/mol. The Morgan fingerprint density at radius 3 is 1.73 bits per heavy atom. The fraction of sp³-hybridized carbons (Fsp3) is 0.779. The Bertz CT molecular complexity index is 1620. The van der Waals surface area contributed by atoms with E-state index in [1.807, 2.05) is 84.7 Å². The summed E-state index contributed by atoms with van der Waals surface area (Å²) in [7, 11) is 1.05. The summed E-state index contributed by atoms with van der Waals surface area (Å²) in [5.41, 5.74) is 11.5. The molecule has 3 fully saturated rings. The smallest absolute Gasteiger partial charge is 0.135 e. The molecule has 1 aromatic rings. The molecule has 1 aliphatic heterocycles. The minimum atomic E-state index is -0.290. The molecule has 3 saturated carbocycles. The number of aryl methyl sites for hydroxylation is 1. The fourth-order valence-corrected chi connectivity index (χ4v) is 14.4. The molecule has 0 spiro atoms. The number of hydrogen-bond donors (Lipinski definition) is 0. The summed E-state index contributed by atoms with van der Waals surface area (Å²) in [5.74, 6) is 4.62. The average molecular weight is 1030 g/mol. The van der Waals surface area contributed by atoms with Crippen LogP contribution in [0, 0.1) is 64.1 Å². The lowest BCUT2D eigenvalue weighted by Crippen LogP contribution is -2.54. The van der Waals surface area contributed by atoms with Gasteiger partial charge in [0.05, 0.1) is 0 Å². The van der Waals surface area contributed by atoms with Gasteiger partial charge in [-0.3, -0.25) is 4.79 Å². The molecule has 9 atom stereocenters. The third kappa shape index (κ3) is 24.0. The van der Waals surface area contributed by atoms with Gasteiger partial charge in [0.2, 0.25) is 0 Å². The van der Waals surface area contributed by atoms with Crippen molar-refractivity contribution in [2.75, 3.05) is 12.3 Å². The minimum absolute atomic E-state index is 0. The van der Waals surface area contributed by atoms with Gasteiger partial charge in [0.15, 0.2) is 0 Å². The van der Waals surface area contributed by atoms with Crippen molar-refractivity contribution in [3.63, 3.8) is 0 Å². The van der Waals surface area contributed by atoms with E-state index in [9.17, 15) is 4.79 Å². The first-order valence-electron chi connectivity index (χ1n) is 29.4. The van der Waals surface area contributed by atoms with E-state index >= 15 is 0 Å². The molecule has 3 heteroatoms. The molecular formula is C68H128ClOP. The van der Waals surface area contributed by atoms with E-state index in [1.54, 1.807) is 12.5 Å². The van der Waals surface area contributed by atoms with Gasteiger partial charge in [0.25, 0.3) is 0 Å². The SMILES string of the molecule is C.C=C(CC1CCC2(C)C(CCC3(C)CCCC4(/C(C)=C(\C)C(=C)C)CPCC(C(C)C)=C4C(C)CCC32)C1C)CC(C)(C)C(C)=O.CC.CC.CC.CC(C)Cl.CCC.CCCC.Cc1ccccc1. The maximum absolute atomic E-state index is 12.3. The highest BCUT2D eigenvalue weighted by molar-refractivity contribution is 7.38. The van der Waals surface area contributed by atoms with Crippen LogP contribution in [0.4, 0.5) is 0 Å². The summed E-state index contributed by atoms with van der Waals surface area (Å²) in [6.07, 6.45) is 20.8. The number of rotatable bonds is 9. The van der Waals surface area contributed by atoms with E-state index in [-0.39, 0.29) is 24.0 Å². The predicted molar refractivity (Wildman–Crippen MR) is 334 cm³/mol. The van der Waals surface area contributed by atoms with E-state index in [4.69, 9.17) is 11.6 Å². The summed E-state index contributed by atoms with van der Waals surface area (Å²) in [4.78, 5) is 12.3. The van der Waals surface area contributed by atoms with Gasteiger partial charge in [-0.2, -0.15) is 0 Å². The van der Waals surface area contributed by atoms with Gasteiger partial charge in [-0.25, -0.2) is 0 Å². The summed E-state index contributed by atoms with van der Waals surface area (Å²) in [6, 6.07) is 10.3. The molecule has 0 aromatic heterocycles. The minimum Gasteiger partial charge on any atom is -0.299 e. The molecule has 1 heterocycles. The number of unbranched alkanes of at least 4 members (excludes halogenated alkanes) is 1. The molecule has 1 aromatic carbocycles. The summed E-state index contributed by atoms with van der Waals surface area (Å²) >= 11 is 5.27. The van der Waals surface area contributed by atoms with Crippen LogP contribution in [0.3, 0.4) is 0 Å². The highest BCUT2D eigenvalue weighted by atomic mass is 35.5. The third-order valence-corrected chi connectivity index (χ3v) is 18.0. The van der Waals surface area contributed by atoms with E-state index in [0.717, 1.165) is 39.2 Å². The van der Waals surface area contributed by atoms with Gasteiger partial charge in [0.1, 0.15) is 5.78 Å². The van der Waals surface area contributed by atoms with Crippen LogP contribution in [-0.2, 0) is 4.79 Å². The van der Waals surface area contributed by atoms with Gasteiger partial charge in [-0.05, 0) is 177 Å². The predicted octanol–water partition coefficient (Wildman–Crippen LogP) is 23.7. The van der Waals surface area contributed by atoms with Crippen molar-refractivity contribution in [1.29, 1.82) is 0 Å². The molecular weight excluding hydrogens is 899 g/mol. The second-order valence-corrected chi connectivity index (χ2v) is 25.2. The van der Waals surface area contributed by atoms with Gasteiger partial charge in [0, 0.05) is 16.2 Å². The molecule has 71 heavy (non-hydrogen) atoms. The normalized spacial score (nSPS) is 27.2. The number of fused-ring (bicyclic) bond motifs is 4. The quantitative estimate of drug-likeness (QED) is 0.104. The molecule has 0 bridgehead atoms. The van der Waals surface area contributed by atoms with Gasteiger partial charge in [-0.15, -0.1) is 20.2 Å². The first-order chi connectivity index (χ1) is 32.8. The molecule has 0 radical (unpaired) electrons. The second-order valence-electron chi connectivity index (χ2n) is 23.1. The van der Waals surface area contributed by atoms with Crippen LogP contribution in [-0.4, -0.2) is 23.5 Å². The van der Waals surface area contributed by atoms with Crippen LogP contribution in [0.25, 0.3) is 0 Å². The van der Waals surface area contributed by atoms with Crippen LogP contribution >= 0.6 is 20.2 Å². The number of benzene rings is 1. The molecule has 418 valence electrons. The lowest BCUT2D eigenvalue weighted by Gasteiger charge is -2.62. The molecule has 0 saturated heterocycles. The number of ketones is 1. The van der Waals surface area contributed by atoms with Crippen LogP contribution < -0.4 is 0 Å². The number of halogens is 1. The molecule has 0 amide bonds. The summed E-state index contributed by atoms with van der Waals surface area (Å²) in [6.45, 7) is 64.1. The standard InChI is InChI=1S/C44H73OP.C7H8.C4H10.C3H7Cl.C3H8.3C2H6.CH4/c1-28(2)32(7)34(9)44-21-15-20-42(13)22-19-38-33(8)36(24-30(5)25-41(11,12)35(10)45)18-23-43(38,14)39(42)17-16-31(6)40(44)37(29(3)4)26-46-27-44;1-7-5-3-2-4-6-7;1-3-4-2;1-3(2)4;1-3-2;3*1-2;/h29,31,33,36,38-39,46H,1,5,15-27H2,2-4,6-14H3;2-6H,1H3;3-4H2,1-2H3;3H,1-2H3;3H2,1-2H3;3*1-2H3;1H4/b34-32+;;;;;;;;. The van der Waals surface area contributed by atoms with Crippen LogP contribution in [0.2, 0.25) is 0 Å². The largest absolute Gasteiger partial charge is 0.299 e. The van der Waals surface area contributed by atoms with E-state index in [1.165, 1.54) is 112 Å². The lowest BCUT2D eigenvalue weighted by atomic mass is 9.43. The van der Waals surface area contributed by atoms with Crippen LogP contribution in [0.1, 0.15) is 269 Å². The Balaban J connectivity index is -0.000000748. The Kier molecular flexibility index (Phi) is 41.8. The lowest BCUT2D eigenvalue weighted by molar-refractivity contribution is -0.125. The Hall–Kier alpha value is -1.43. The molecule has 9 unspecified atom stereocenters. The Morgan fingerprint density at radius 2 is 1.31 bits per heavy atom. The van der Waals surface area contributed by atoms with Gasteiger partial charge >= 0.3 is 0 Å². The number of allylic oxidation sites excluding steroid dienone is 6. The molecule has 3 aliphatic carbocycles. The number of Topliss-reactive ketones (excluding diaryl/α,β-unsaturated/α-hetero) is 1. The van der Waals surface area contributed by atoms with E-state index in [2.05, 4.69) is 136 Å². The fourth-order valence-electron chi connectivity index (χ4n) is 12.3. The highest BCUT2D eigenvalue weighted by Crippen LogP contribution is 2.66. The highest BCUT2D eigenvalue weighted by Gasteiger charge is 2.57. The molecule has 5 rings (SSSR count). The third-order valence-electron chi connectivity index (χ3n) is 16.5. The van der Waals surface area contributed by atoms with Gasteiger partial charge < -0.3 is 0 Å². The summed E-state index contributed by atoms with van der Waals surface area (Å²) < 4.78 is 0. The summed E-state index contributed by atoms with van der Waals surface area (Å²) in [5, 5.41) is 0.306.